The Bertz CT molecular complexity index is 1510. The van der Waals surface area contributed by atoms with E-state index in [0.717, 1.165) is 16.5 Å². The lowest BCUT2D eigenvalue weighted by Crippen LogP contribution is -2.62. The van der Waals surface area contributed by atoms with Crippen LogP contribution in [0.2, 0.25) is 0 Å². The Balaban J connectivity index is 1.10. The van der Waals surface area contributed by atoms with Crippen LogP contribution in [0.15, 0.2) is 78.9 Å². The zero-order valence-corrected chi connectivity index (χ0v) is 21.7. The van der Waals surface area contributed by atoms with E-state index >= 15 is 0 Å². The first kappa shape index (κ1) is 24.1. The van der Waals surface area contributed by atoms with Crippen LogP contribution in [0.4, 0.5) is 4.79 Å². The van der Waals surface area contributed by atoms with Gasteiger partial charge in [0, 0.05) is 30.2 Å². The molecule has 3 heterocycles. The van der Waals surface area contributed by atoms with E-state index in [9.17, 15) is 9.90 Å². The Labute approximate surface area is 226 Å². The topological polar surface area (TPSA) is 81.1 Å². The van der Waals surface area contributed by atoms with Crippen LogP contribution in [-0.4, -0.2) is 60.1 Å². The average Bonchev–Trinajstić information content (AvgIpc) is 3.28. The Morgan fingerprint density at radius 2 is 1.64 bits per heavy atom. The first-order valence-corrected chi connectivity index (χ1v) is 13.4. The molecule has 0 saturated carbocycles. The zero-order chi connectivity index (χ0) is 26.6. The van der Waals surface area contributed by atoms with Gasteiger partial charge in [-0.15, -0.1) is 0 Å². The van der Waals surface area contributed by atoms with Gasteiger partial charge in [0.25, 0.3) is 0 Å². The van der Waals surface area contributed by atoms with Gasteiger partial charge < -0.3 is 19.3 Å². The normalized spacial score (nSPS) is 23.8. The number of pyridine rings is 1. The molecule has 1 amide bonds. The lowest BCUT2D eigenvalue weighted by Gasteiger charge is -2.51. The molecule has 39 heavy (non-hydrogen) atoms. The van der Waals surface area contributed by atoms with E-state index in [1.807, 2.05) is 54.6 Å². The predicted molar refractivity (Wildman–Crippen MR) is 147 cm³/mol. The molecule has 7 nitrogen and oxygen atoms in total. The number of fused-ring (bicyclic) bond motifs is 6. The molecule has 4 aromatic rings. The number of benzene rings is 3. The van der Waals surface area contributed by atoms with Crippen molar-refractivity contribution in [2.45, 2.75) is 36.4 Å². The third-order valence-corrected chi connectivity index (χ3v) is 8.51. The number of amides is 1. The molecule has 2 saturated heterocycles. The second-order valence-electron chi connectivity index (χ2n) is 10.8. The Hall–Kier alpha value is -3.94. The molecule has 198 valence electrons. The molecule has 2 bridgehead atoms. The lowest BCUT2D eigenvalue weighted by atomic mass is 9.76. The van der Waals surface area contributed by atoms with Crippen molar-refractivity contribution in [1.82, 2.24) is 9.88 Å². The molecule has 2 atom stereocenters. The maximum atomic E-state index is 13.5. The van der Waals surface area contributed by atoms with Crippen molar-refractivity contribution in [3.05, 3.63) is 95.6 Å². The van der Waals surface area contributed by atoms with Gasteiger partial charge in [-0.3, -0.25) is 4.90 Å². The molecule has 3 aromatic carbocycles. The van der Waals surface area contributed by atoms with Crippen molar-refractivity contribution in [2.24, 2.45) is 0 Å². The number of carbonyl (C=O) groups excluding carboxylic acids is 1. The second kappa shape index (κ2) is 9.36. The summed E-state index contributed by atoms with van der Waals surface area (Å²) in [5, 5.41) is 12.8. The van der Waals surface area contributed by atoms with Gasteiger partial charge in [-0.1, -0.05) is 54.6 Å². The van der Waals surface area contributed by atoms with Crippen LogP contribution in [0, 0.1) is 0 Å². The highest BCUT2D eigenvalue weighted by Crippen LogP contribution is 2.45. The number of hydrogen-bond acceptors (Lipinski definition) is 6. The van der Waals surface area contributed by atoms with Crippen LogP contribution >= 0.6 is 0 Å². The molecule has 2 unspecified atom stereocenters. The third kappa shape index (κ3) is 4.04. The van der Waals surface area contributed by atoms with Crippen molar-refractivity contribution in [1.29, 1.82) is 0 Å². The first-order chi connectivity index (χ1) is 19.0. The van der Waals surface area contributed by atoms with Gasteiger partial charge in [0.15, 0.2) is 0 Å². The Morgan fingerprint density at radius 1 is 0.974 bits per heavy atom. The highest BCUT2D eigenvalue weighted by Gasteiger charge is 2.49. The molecular formula is C32H30N2O5. The number of rotatable bonds is 4. The molecule has 3 aliphatic rings. The van der Waals surface area contributed by atoms with E-state index in [-0.39, 0.29) is 30.7 Å². The number of carbonyl (C=O) groups is 1. The minimum Gasteiger partial charge on any atom is -0.481 e. The predicted octanol–water partition coefficient (Wildman–Crippen LogP) is 5.24. The Morgan fingerprint density at radius 3 is 2.31 bits per heavy atom. The van der Waals surface area contributed by atoms with Crippen LogP contribution in [0.3, 0.4) is 0 Å². The summed E-state index contributed by atoms with van der Waals surface area (Å²) >= 11 is 0. The van der Waals surface area contributed by atoms with E-state index < -0.39 is 5.60 Å². The van der Waals surface area contributed by atoms with Crippen molar-refractivity contribution in [2.75, 3.05) is 26.9 Å². The highest BCUT2D eigenvalue weighted by molar-refractivity contribution is 5.81. The van der Waals surface area contributed by atoms with Gasteiger partial charge in [0.2, 0.25) is 5.88 Å². The van der Waals surface area contributed by atoms with Crippen molar-refractivity contribution >= 4 is 17.0 Å². The van der Waals surface area contributed by atoms with Gasteiger partial charge in [-0.25, -0.2) is 9.78 Å². The van der Waals surface area contributed by atoms with Gasteiger partial charge in [0.05, 0.1) is 43.5 Å². The van der Waals surface area contributed by atoms with E-state index in [1.165, 1.54) is 22.3 Å². The molecule has 7 heteroatoms. The number of ether oxygens (including phenoxy) is 3. The third-order valence-electron chi connectivity index (χ3n) is 8.51. The SMILES string of the molecule is COc1ccc2cc(C3(O)CC4COCC(C3)N4C(=O)OCC3c4ccccc4-c4ccccc43)ccc2n1. The molecular weight excluding hydrogens is 492 g/mol. The summed E-state index contributed by atoms with van der Waals surface area (Å²) in [4.78, 5) is 19.8. The number of morpholine rings is 1. The van der Waals surface area contributed by atoms with Crippen LogP contribution in [0.25, 0.3) is 22.0 Å². The fourth-order valence-electron chi connectivity index (χ4n) is 6.69. The Kier molecular flexibility index (Phi) is 5.79. The number of methoxy groups -OCH3 is 1. The molecule has 0 radical (unpaired) electrons. The van der Waals surface area contributed by atoms with Gasteiger partial charge in [-0.05, 0) is 46.0 Å². The largest absolute Gasteiger partial charge is 0.481 e. The molecule has 2 aliphatic heterocycles. The number of aliphatic hydroxyl groups is 1. The van der Waals surface area contributed by atoms with Gasteiger partial charge in [-0.2, -0.15) is 0 Å². The van der Waals surface area contributed by atoms with Crippen LogP contribution in [0.1, 0.15) is 35.4 Å². The fraction of sp³-hybridized carbons (Fsp3) is 0.312. The molecule has 1 aromatic heterocycles. The maximum Gasteiger partial charge on any atom is 0.410 e. The number of piperidine rings is 1. The van der Waals surface area contributed by atoms with Gasteiger partial charge >= 0.3 is 6.09 Å². The molecule has 2 fully saturated rings. The number of hydrogen-bond donors (Lipinski definition) is 1. The van der Waals surface area contributed by atoms with E-state index in [4.69, 9.17) is 14.2 Å². The van der Waals surface area contributed by atoms with Crippen LogP contribution in [-0.2, 0) is 15.1 Å². The van der Waals surface area contributed by atoms with E-state index in [1.54, 1.807) is 12.0 Å². The maximum absolute atomic E-state index is 13.5. The minimum absolute atomic E-state index is 0.00370. The first-order valence-electron chi connectivity index (χ1n) is 13.4. The van der Waals surface area contributed by atoms with Crippen molar-refractivity contribution < 1.29 is 24.1 Å². The smallest absolute Gasteiger partial charge is 0.410 e. The summed E-state index contributed by atoms with van der Waals surface area (Å²) in [6.45, 7) is 1.01. The lowest BCUT2D eigenvalue weighted by molar-refractivity contribution is -0.136. The summed E-state index contributed by atoms with van der Waals surface area (Å²) in [6, 6.07) is 25.7. The monoisotopic (exact) mass is 522 g/mol. The fourth-order valence-corrected chi connectivity index (χ4v) is 6.69. The van der Waals surface area contributed by atoms with Crippen molar-refractivity contribution in [3.8, 4) is 17.0 Å². The molecule has 1 N–H and O–H groups in total. The van der Waals surface area contributed by atoms with Crippen molar-refractivity contribution in [3.63, 3.8) is 0 Å². The summed E-state index contributed by atoms with van der Waals surface area (Å²) < 4.78 is 17.1. The number of aromatic nitrogens is 1. The summed E-state index contributed by atoms with van der Waals surface area (Å²) in [5.74, 6) is 0.557. The zero-order valence-electron chi connectivity index (χ0n) is 21.7. The van der Waals surface area contributed by atoms with Crippen LogP contribution in [0.5, 0.6) is 5.88 Å². The molecule has 1 aliphatic carbocycles. The van der Waals surface area contributed by atoms with E-state index in [0.29, 0.717) is 31.9 Å². The summed E-state index contributed by atoms with van der Waals surface area (Å²) in [7, 11) is 1.59. The highest BCUT2D eigenvalue weighted by atomic mass is 16.6. The standard InChI is InChI=1S/C32H30N2O5/c1-37-30-13-10-20-14-21(11-12-29(20)33-30)32(36)15-22-17-38-18-23(16-32)34(22)31(35)39-19-28-26-8-4-2-6-24(26)25-7-3-5-9-27(25)28/h2-14,22-23,28,36H,15-19H2,1H3. The number of nitrogens with zero attached hydrogens (tertiary/aromatic N) is 2. The second-order valence-corrected chi connectivity index (χ2v) is 10.8. The molecule has 7 rings (SSSR count). The quantitative estimate of drug-likeness (QED) is 0.395. The van der Waals surface area contributed by atoms with Crippen LogP contribution < -0.4 is 4.74 Å². The van der Waals surface area contributed by atoms with Gasteiger partial charge in [0.1, 0.15) is 6.61 Å². The average molecular weight is 523 g/mol. The molecule has 0 spiro atoms. The van der Waals surface area contributed by atoms with E-state index in [2.05, 4.69) is 29.2 Å². The minimum atomic E-state index is -1.08. The summed E-state index contributed by atoms with van der Waals surface area (Å²) in [5.41, 5.74) is 5.33. The summed E-state index contributed by atoms with van der Waals surface area (Å²) in [6.07, 6.45) is 0.415.